The quantitative estimate of drug-likeness (QED) is 0.913. The number of ether oxygens (including phenoxy) is 1. The molecule has 1 fully saturated rings. The molecule has 0 saturated carbocycles. The van der Waals surface area contributed by atoms with Gasteiger partial charge in [-0.25, -0.2) is 4.39 Å². The third-order valence-corrected chi connectivity index (χ3v) is 3.70. The van der Waals surface area contributed by atoms with E-state index in [9.17, 15) is 4.39 Å². The Hall–Kier alpha value is -1.45. The summed E-state index contributed by atoms with van der Waals surface area (Å²) in [5.41, 5.74) is 0.650. The summed E-state index contributed by atoms with van der Waals surface area (Å²) < 4.78 is 20.1. The predicted molar refractivity (Wildman–Crippen MR) is 74.6 cm³/mol. The minimum Gasteiger partial charge on any atom is -0.373 e. The molecule has 0 aliphatic carbocycles. The Labute approximate surface area is 112 Å². The zero-order valence-electron chi connectivity index (χ0n) is 10.9. The highest BCUT2D eigenvalue weighted by Gasteiger charge is 2.14. The Morgan fingerprint density at radius 3 is 2.74 bits per heavy atom. The van der Waals surface area contributed by atoms with Gasteiger partial charge in [-0.3, -0.25) is 0 Å². The van der Waals surface area contributed by atoms with Crippen LogP contribution in [0.1, 0.15) is 18.4 Å². The van der Waals surface area contributed by atoms with Gasteiger partial charge in [-0.2, -0.15) is 0 Å². The van der Waals surface area contributed by atoms with Gasteiger partial charge >= 0.3 is 0 Å². The van der Waals surface area contributed by atoms with Crippen molar-refractivity contribution >= 4 is 10.8 Å². The SMILES string of the molecule is Fc1c(COC2CCNCC2)ccc2ccccc12. The standard InChI is InChI=1S/C16H18FNO/c17-16-13(11-19-14-7-9-18-10-8-14)6-5-12-3-1-2-4-15(12)16/h1-6,14,18H,7-11H2. The summed E-state index contributed by atoms with van der Waals surface area (Å²) in [6.07, 6.45) is 2.27. The van der Waals surface area contributed by atoms with Crippen LogP contribution in [0.2, 0.25) is 0 Å². The lowest BCUT2D eigenvalue weighted by Crippen LogP contribution is -2.32. The summed E-state index contributed by atoms with van der Waals surface area (Å²) in [5.74, 6) is -0.146. The Morgan fingerprint density at radius 1 is 1.11 bits per heavy atom. The van der Waals surface area contributed by atoms with E-state index in [2.05, 4.69) is 5.32 Å². The maximum Gasteiger partial charge on any atom is 0.136 e. The lowest BCUT2D eigenvalue weighted by atomic mass is 10.1. The second-order valence-corrected chi connectivity index (χ2v) is 5.02. The number of benzene rings is 2. The third-order valence-electron chi connectivity index (χ3n) is 3.70. The van der Waals surface area contributed by atoms with Crippen molar-refractivity contribution in [1.29, 1.82) is 0 Å². The maximum atomic E-state index is 14.3. The molecule has 100 valence electrons. The first-order valence-electron chi connectivity index (χ1n) is 6.83. The molecular formula is C16H18FNO. The van der Waals surface area contributed by atoms with E-state index in [0.717, 1.165) is 31.3 Å². The van der Waals surface area contributed by atoms with E-state index in [1.807, 2.05) is 36.4 Å². The predicted octanol–water partition coefficient (Wildman–Crippen LogP) is 3.25. The summed E-state index contributed by atoms with van der Waals surface area (Å²) in [5, 5.41) is 4.91. The van der Waals surface area contributed by atoms with Crippen molar-refractivity contribution in [2.24, 2.45) is 0 Å². The number of hydrogen-bond donors (Lipinski definition) is 1. The minimum atomic E-state index is -0.146. The molecule has 1 aliphatic heterocycles. The molecule has 0 amide bonds. The zero-order chi connectivity index (χ0) is 13.1. The van der Waals surface area contributed by atoms with Crippen molar-refractivity contribution in [3.63, 3.8) is 0 Å². The molecule has 0 bridgehead atoms. The van der Waals surface area contributed by atoms with E-state index >= 15 is 0 Å². The van der Waals surface area contributed by atoms with Crippen LogP contribution in [0.15, 0.2) is 36.4 Å². The molecule has 0 radical (unpaired) electrons. The van der Waals surface area contributed by atoms with Gasteiger partial charge in [0.15, 0.2) is 0 Å². The first-order chi connectivity index (χ1) is 9.34. The Kier molecular flexibility index (Phi) is 3.76. The van der Waals surface area contributed by atoms with Crippen LogP contribution >= 0.6 is 0 Å². The topological polar surface area (TPSA) is 21.3 Å². The van der Waals surface area contributed by atoms with Crippen LogP contribution in [0.4, 0.5) is 4.39 Å². The number of hydrogen-bond acceptors (Lipinski definition) is 2. The van der Waals surface area contributed by atoms with E-state index < -0.39 is 0 Å². The summed E-state index contributed by atoms with van der Waals surface area (Å²) in [4.78, 5) is 0. The van der Waals surface area contributed by atoms with E-state index in [4.69, 9.17) is 4.74 Å². The molecule has 3 heteroatoms. The zero-order valence-corrected chi connectivity index (χ0v) is 10.9. The summed E-state index contributed by atoms with van der Waals surface area (Å²) in [6, 6.07) is 11.3. The highest BCUT2D eigenvalue weighted by Crippen LogP contribution is 2.22. The van der Waals surface area contributed by atoms with Gasteiger partial charge in [-0.15, -0.1) is 0 Å². The Bertz CT molecular complexity index is 564. The number of piperidine rings is 1. The molecule has 19 heavy (non-hydrogen) atoms. The van der Waals surface area contributed by atoms with Crippen LogP contribution in [-0.2, 0) is 11.3 Å². The van der Waals surface area contributed by atoms with Gasteiger partial charge in [0.1, 0.15) is 5.82 Å². The van der Waals surface area contributed by atoms with E-state index in [1.54, 1.807) is 0 Å². The summed E-state index contributed by atoms with van der Waals surface area (Å²) in [7, 11) is 0. The van der Waals surface area contributed by atoms with Gasteiger partial charge in [0.25, 0.3) is 0 Å². The van der Waals surface area contributed by atoms with Gasteiger partial charge in [-0.05, 0) is 31.3 Å². The monoisotopic (exact) mass is 259 g/mol. The first kappa shape index (κ1) is 12.6. The van der Waals surface area contributed by atoms with Crippen molar-refractivity contribution in [2.45, 2.75) is 25.6 Å². The molecule has 0 unspecified atom stereocenters. The van der Waals surface area contributed by atoms with Crippen molar-refractivity contribution in [3.05, 3.63) is 47.8 Å². The molecule has 1 aliphatic rings. The molecule has 3 rings (SSSR count). The van der Waals surface area contributed by atoms with E-state index in [0.29, 0.717) is 17.6 Å². The average molecular weight is 259 g/mol. The van der Waals surface area contributed by atoms with Crippen molar-refractivity contribution in [2.75, 3.05) is 13.1 Å². The fourth-order valence-corrected chi connectivity index (χ4v) is 2.56. The van der Waals surface area contributed by atoms with Crippen molar-refractivity contribution in [3.8, 4) is 0 Å². The van der Waals surface area contributed by atoms with Crippen molar-refractivity contribution in [1.82, 2.24) is 5.32 Å². The summed E-state index contributed by atoms with van der Waals surface area (Å²) in [6.45, 7) is 2.34. The van der Waals surface area contributed by atoms with Gasteiger partial charge in [0.05, 0.1) is 12.7 Å². The van der Waals surface area contributed by atoms with Crippen LogP contribution in [0.5, 0.6) is 0 Å². The minimum absolute atomic E-state index is 0.146. The average Bonchev–Trinajstić information content (AvgIpc) is 2.48. The molecule has 0 aromatic heterocycles. The van der Waals surface area contributed by atoms with Crippen LogP contribution in [0.25, 0.3) is 10.8 Å². The molecule has 2 aromatic carbocycles. The number of nitrogens with one attached hydrogen (secondary N) is 1. The van der Waals surface area contributed by atoms with Crippen LogP contribution in [0, 0.1) is 5.82 Å². The van der Waals surface area contributed by atoms with E-state index in [-0.39, 0.29) is 11.9 Å². The smallest absolute Gasteiger partial charge is 0.136 e. The fraction of sp³-hybridized carbons (Fsp3) is 0.375. The maximum absolute atomic E-state index is 14.3. The van der Waals surface area contributed by atoms with Gasteiger partial charge in [0.2, 0.25) is 0 Å². The fourth-order valence-electron chi connectivity index (χ4n) is 2.56. The van der Waals surface area contributed by atoms with Gasteiger partial charge in [0, 0.05) is 10.9 Å². The number of halogens is 1. The number of rotatable bonds is 3. The normalized spacial score (nSPS) is 16.9. The van der Waals surface area contributed by atoms with Crippen LogP contribution < -0.4 is 5.32 Å². The highest BCUT2D eigenvalue weighted by molar-refractivity contribution is 5.83. The molecule has 1 heterocycles. The lowest BCUT2D eigenvalue weighted by Gasteiger charge is -2.23. The number of fused-ring (bicyclic) bond motifs is 1. The molecular weight excluding hydrogens is 241 g/mol. The van der Waals surface area contributed by atoms with Crippen LogP contribution in [0.3, 0.4) is 0 Å². The molecule has 2 nitrogen and oxygen atoms in total. The lowest BCUT2D eigenvalue weighted by molar-refractivity contribution is 0.0200. The highest BCUT2D eigenvalue weighted by atomic mass is 19.1. The Balaban J connectivity index is 1.75. The van der Waals surface area contributed by atoms with Crippen molar-refractivity contribution < 1.29 is 9.13 Å². The first-order valence-corrected chi connectivity index (χ1v) is 6.83. The van der Waals surface area contributed by atoms with Gasteiger partial charge in [-0.1, -0.05) is 36.4 Å². The molecule has 0 atom stereocenters. The largest absolute Gasteiger partial charge is 0.373 e. The molecule has 0 spiro atoms. The van der Waals surface area contributed by atoms with Crippen LogP contribution in [-0.4, -0.2) is 19.2 Å². The molecule has 1 saturated heterocycles. The van der Waals surface area contributed by atoms with E-state index in [1.165, 1.54) is 0 Å². The molecule has 2 aromatic rings. The Morgan fingerprint density at radius 2 is 1.89 bits per heavy atom. The van der Waals surface area contributed by atoms with Gasteiger partial charge < -0.3 is 10.1 Å². The summed E-state index contributed by atoms with van der Waals surface area (Å²) >= 11 is 0. The molecule has 1 N–H and O–H groups in total. The second kappa shape index (κ2) is 5.68. The second-order valence-electron chi connectivity index (χ2n) is 5.02. The third kappa shape index (κ3) is 2.77.